The minimum Gasteiger partial charge on any atom is -0.455 e. The Morgan fingerprint density at radius 3 is 2.26 bits per heavy atom. The maximum atomic E-state index is 13.3. The predicted molar refractivity (Wildman–Crippen MR) is 64.2 cm³/mol. The number of halogens is 6. The van der Waals surface area contributed by atoms with Gasteiger partial charge in [0.15, 0.2) is 0 Å². The van der Waals surface area contributed by atoms with Crippen LogP contribution in [-0.2, 0) is 14.3 Å². The molecule has 23 heavy (non-hydrogen) atoms. The first-order valence-electron chi connectivity index (χ1n) is 7.06. The molecule has 3 aliphatic rings. The van der Waals surface area contributed by atoms with E-state index in [9.17, 15) is 31.1 Å². The molecule has 0 aromatic heterocycles. The summed E-state index contributed by atoms with van der Waals surface area (Å²) in [6.07, 6.45) is -12.2. The lowest BCUT2D eigenvalue weighted by Gasteiger charge is -2.59. The maximum Gasteiger partial charge on any atom is 0.427 e. The Hall–Kier alpha value is -1.25. The minimum atomic E-state index is -5.64. The van der Waals surface area contributed by atoms with Gasteiger partial charge in [0, 0.05) is 5.57 Å². The molecule has 2 saturated carbocycles. The third kappa shape index (κ3) is 1.91. The zero-order valence-corrected chi connectivity index (χ0v) is 12.1. The Kier molecular flexibility index (Phi) is 3.20. The fourth-order valence-electron chi connectivity index (χ4n) is 4.27. The van der Waals surface area contributed by atoms with E-state index in [-0.39, 0.29) is 18.4 Å². The molecule has 0 radical (unpaired) electrons. The van der Waals surface area contributed by atoms with Crippen molar-refractivity contribution >= 4 is 5.97 Å². The van der Waals surface area contributed by atoms with Crippen molar-refractivity contribution in [2.45, 2.75) is 55.8 Å². The van der Waals surface area contributed by atoms with Crippen LogP contribution in [0.25, 0.3) is 0 Å². The van der Waals surface area contributed by atoms with Gasteiger partial charge in [0.25, 0.3) is 5.60 Å². The highest BCUT2D eigenvalue weighted by atomic mass is 19.4. The number of hydrogen-bond acceptors (Lipinski definition) is 3. The summed E-state index contributed by atoms with van der Waals surface area (Å²) >= 11 is 0. The van der Waals surface area contributed by atoms with Gasteiger partial charge in [-0.1, -0.05) is 6.58 Å². The molecule has 4 atom stereocenters. The second kappa shape index (κ2) is 4.43. The van der Waals surface area contributed by atoms with E-state index in [0.717, 1.165) is 0 Å². The molecule has 0 spiro atoms. The van der Waals surface area contributed by atoms with Gasteiger partial charge in [-0.25, -0.2) is 4.79 Å². The summed E-state index contributed by atoms with van der Waals surface area (Å²) in [4.78, 5) is 11.7. The van der Waals surface area contributed by atoms with Crippen molar-refractivity contribution in [2.24, 2.45) is 11.8 Å². The number of rotatable bonds is 2. The summed E-state index contributed by atoms with van der Waals surface area (Å²) in [6.45, 7) is 4.61. The van der Waals surface area contributed by atoms with Crippen molar-refractivity contribution in [1.82, 2.24) is 0 Å². The number of fused-ring (bicyclic) bond motifs is 5. The zero-order valence-electron chi connectivity index (χ0n) is 12.1. The van der Waals surface area contributed by atoms with Gasteiger partial charge < -0.3 is 9.47 Å². The largest absolute Gasteiger partial charge is 0.455 e. The molecule has 4 unspecified atom stereocenters. The molecule has 9 heteroatoms. The number of alkyl halides is 6. The predicted octanol–water partition coefficient (Wildman–Crippen LogP) is 3.54. The number of ether oxygens (including phenoxy) is 2. The highest BCUT2D eigenvalue weighted by molar-refractivity contribution is 5.87. The standard InChI is InChI=1S/C14H14F6O3/c1-6(2)10(21)23-11-4-3-7(5-11)8-9(11)12(22-8,13(15,16)17)14(18,19)20/h7-9H,1,3-5H2,2H3. The van der Waals surface area contributed by atoms with Gasteiger partial charge in [-0.05, 0) is 32.1 Å². The number of hydrogen-bond donors (Lipinski definition) is 0. The lowest BCUT2D eigenvalue weighted by atomic mass is 9.66. The van der Waals surface area contributed by atoms with Gasteiger partial charge in [0.2, 0.25) is 0 Å². The highest BCUT2D eigenvalue weighted by Gasteiger charge is 2.90. The van der Waals surface area contributed by atoms with Crippen LogP contribution in [0.4, 0.5) is 26.3 Å². The van der Waals surface area contributed by atoms with Crippen LogP contribution < -0.4 is 0 Å². The molecule has 2 bridgehead atoms. The number of carbonyl (C=O) groups excluding carboxylic acids is 1. The molecule has 3 fully saturated rings. The Morgan fingerprint density at radius 1 is 1.22 bits per heavy atom. The molecule has 0 N–H and O–H groups in total. The van der Waals surface area contributed by atoms with E-state index in [1.807, 2.05) is 0 Å². The van der Waals surface area contributed by atoms with E-state index in [1.54, 1.807) is 0 Å². The second-order valence-electron chi connectivity index (χ2n) is 6.53. The van der Waals surface area contributed by atoms with Crippen LogP contribution in [0.5, 0.6) is 0 Å². The quantitative estimate of drug-likeness (QED) is 0.437. The van der Waals surface area contributed by atoms with Crippen LogP contribution in [0.3, 0.4) is 0 Å². The molecule has 1 heterocycles. The lowest BCUT2D eigenvalue weighted by Crippen LogP contribution is -2.78. The van der Waals surface area contributed by atoms with Gasteiger partial charge in [-0.15, -0.1) is 0 Å². The molecular weight excluding hydrogens is 330 g/mol. The first-order chi connectivity index (χ1) is 10.4. The zero-order chi connectivity index (χ0) is 17.4. The summed E-state index contributed by atoms with van der Waals surface area (Å²) in [7, 11) is 0. The number of esters is 1. The molecule has 0 aromatic rings. The van der Waals surface area contributed by atoms with Crippen molar-refractivity contribution in [2.75, 3.05) is 0 Å². The van der Waals surface area contributed by atoms with Crippen molar-refractivity contribution in [3.8, 4) is 0 Å². The molecule has 2 aliphatic carbocycles. The third-order valence-corrected chi connectivity index (χ3v) is 5.15. The molecule has 1 saturated heterocycles. The molecule has 3 nitrogen and oxygen atoms in total. The SMILES string of the molecule is C=C(C)C(=O)OC12CCC(C1)C1OC(C(F)(F)F)(C(F)(F)F)C12. The monoisotopic (exact) mass is 344 g/mol. The van der Waals surface area contributed by atoms with E-state index < -0.39 is 47.5 Å². The minimum absolute atomic E-state index is 0.0326. The van der Waals surface area contributed by atoms with Crippen LogP contribution in [0.2, 0.25) is 0 Å². The van der Waals surface area contributed by atoms with Gasteiger partial charge >= 0.3 is 18.3 Å². The van der Waals surface area contributed by atoms with Crippen LogP contribution in [-0.4, -0.2) is 35.6 Å². The van der Waals surface area contributed by atoms with Gasteiger partial charge in [-0.2, -0.15) is 26.3 Å². The van der Waals surface area contributed by atoms with Crippen molar-refractivity contribution in [1.29, 1.82) is 0 Å². The van der Waals surface area contributed by atoms with Gasteiger partial charge in [0.1, 0.15) is 5.60 Å². The average Bonchev–Trinajstić information content (AvgIpc) is 2.76. The van der Waals surface area contributed by atoms with Crippen molar-refractivity contribution < 1.29 is 40.6 Å². The first kappa shape index (κ1) is 16.6. The molecule has 0 aromatic carbocycles. The summed E-state index contributed by atoms with van der Waals surface area (Å²) in [5, 5.41) is 0. The average molecular weight is 344 g/mol. The van der Waals surface area contributed by atoms with Crippen molar-refractivity contribution in [3.63, 3.8) is 0 Å². The smallest absolute Gasteiger partial charge is 0.427 e. The lowest BCUT2D eigenvalue weighted by molar-refractivity contribution is -0.478. The van der Waals surface area contributed by atoms with Crippen molar-refractivity contribution in [3.05, 3.63) is 12.2 Å². The summed E-state index contributed by atoms with van der Waals surface area (Å²) in [5.74, 6) is -3.40. The Morgan fingerprint density at radius 2 is 1.78 bits per heavy atom. The summed E-state index contributed by atoms with van der Waals surface area (Å²) in [5.41, 5.74) is -6.14. The topological polar surface area (TPSA) is 35.5 Å². The van der Waals surface area contributed by atoms with Gasteiger partial charge in [0.05, 0.1) is 12.0 Å². The maximum absolute atomic E-state index is 13.3. The van der Waals surface area contributed by atoms with Crippen LogP contribution in [0, 0.1) is 11.8 Å². The normalized spacial score (nSPS) is 38.0. The number of carbonyl (C=O) groups is 1. The fraction of sp³-hybridized carbons (Fsp3) is 0.786. The molecule has 0 amide bonds. The fourth-order valence-corrected chi connectivity index (χ4v) is 4.27. The Bertz CT molecular complexity index is 552. The molecular formula is C14H14F6O3. The third-order valence-electron chi connectivity index (χ3n) is 5.15. The Labute approximate surface area is 127 Å². The van der Waals surface area contributed by atoms with Crippen LogP contribution >= 0.6 is 0 Å². The van der Waals surface area contributed by atoms with E-state index in [0.29, 0.717) is 6.42 Å². The highest BCUT2D eigenvalue weighted by Crippen LogP contribution is 2.71. The van der Waals surface area contributed by atoms with E-state index in [1.165, 1.54) is 6.92 Å². The molecule has 130 valence electrons. The Balaban J connectivity index is 2.03. The van der Waals surface area contributed by atoms with E-state index >= 15 is 0 Å². The summed E-state index contributed by atoms with van der Waals surface area (Å²) in [6, 6.07) is 0. The molecule has 1 aliphatic heterocycles. The second-order valence-corrected chi connectivity index (χ2v) is 6.53. The van der Waals surface area contributed by atoms with E-state index in [2.05, 4.69) is 11.3 Å². The summed E-state index contributed by atoms with van der Waals surface area (Å²) < 4.78 is 89.2. The van der Waals surface area contributed by atoms with Gasteiger partial charge in [-0.3, -0.25) is 0 Å². The van der Waals surface area contributed by atoms with Crippen LogP contribution in [0.15, 0.2) is 12.2 Å². The first-order valence-corrected chi connectivity index (χ1v) is 7.06. The molecule has 3 rings (SSSR count). The van der Waals surface area contributed by atoms with E-state index in [4.69, 9.17) is 4.74 Å². The van der Waals surface area contributed by atoms with Crippen LogP contribution in [0.1, 0.15) is 26.2 Å².